The molecule has 0 heterocycles. The molecule has 0 radical (unpaired) electrons. The van der Waals surface area contributed by atoms with Crippen molar-refractivity contribution in [1.29, 1.82) is 0 Å². The van der Waals surface area contributed by atoms with E-state index >= 15 is 0 Å². The highest BCUT2D eigenvalue weighted by atomic mass is 32.2. The van der Waals surface area contributed by atoms with Crippen LogP contribution in [0.3, 0.4) is 0 Å². The molecule has 0 spiro atoms. The minimum absolute atomic E-state index is 0.0995. The van der Waals surface area contributed by atoms with Crippen LogP contribution in [0, 0.1) is 11.6 Å². The molecule has 0 bridgehead atoms. The lowest BCUT2D eigenvalue weighted by atomic mass is 10.2. The summed E-state index contributed by atoms with van der Waals surface area (Å²) in [6, 6.07) is 1.56. The van der Waals surface area contributed by atoms with Crippen LogP contribution in [-0.4, -0.2) is 17.3 Å². The number of aromatic carboxylic acids is 1. The average molecular weight is 204 g/mol. The van der Waals surface area contributed by atoms with Gasteiger partial charge in [-0.1, -0.05) is 0 Å². The molecule has 13 heavy (non-hydrogen) atoms. The average Bonchev–Trinajstić information content (AvgIpc) is 2.07. The van der Waals surface area contributed by atoms with Crippen LogP contribution in [-0.2, 0) is 0 Å². The Labute approximate surface area is 77.6 Å². The zero-order valence-corrected chi connectivity index (χ0v) is 7.49. The molecule has 0 unspecified atom stereocenters. The second-order valence-corrected chi connectivity index (χ2v) is 3.12. The van der Waals surface area contributed by atoms with Crippen LogP contribution in [0.25, 0.3) is 0 Å². The fourth-order valence-corrected chi connectivity index (χ4v) is 1.32. The molecule has 0 fully saturated rings. The van der Waals surface area contributed by atoms with E-state index in [1.165, 1.54) is 0 Å². The number of benzene rings is 1. The van der Waals surface area contributed by atoms with Gasteiger partial charge in [0.15, 0.2) is 0 Å². The summed E-state index contributed by atoms with van der Waals surface area (Å²) in [6.07, 6.45) is 1.58. The zero-order valence-electron chi connectivity index (χ0n) is 6.67. The van der Waals surface area contributed by atoms with E-state index in [2.05, 4.69) is 0 Å². The Bertz CT molecular complexity index is 352. The SMILES string of the molecule is CSc1cc(F)c(C(=O)O)cc1F. The van der Waals surface area contributed by atoms with Crippen molar-refractivity contribution in [1.82, 2.24) is 0 Å². The highest BCUT2D eigenvalue weighted by molar-refractivity contribution is 7.98. The van der Waals surface area contributed by atoms with Gasteiger partial charge in [0, 0.05) is 4.90 Å². The van der Waals surface area contributed by atoms with Crippen LogP contribution >= 0.6 is 11.8 Å². The van der Waals surface area contributed by atoms with Gasteiger partial charge < -0.3 is 5.11 Å². The summed E-state index contributed by atoms with van der Waals surface area (Å²) >= 11 is 1.02. The maximum absolute atomic E-state index is 12.9. The topological polar surface area (TPSA) is 37.3 Å². The van der Waals surface area contributed by atoms with E-state index in [1.807, 2.05) is 0 Å². The van der Waals surface area contributed by atoms with Gasteiger partial charge in [0.1, 0.15) is 11.6 Å². The number of carboxylic acids is 1. The highest BCUT2D eigenvalue weighted by Gasteiger charge is 2.14. The molecule has 1 aromatic rings. The normalized spacial score (nSPS) is 10.1. The summed E-state index contributed by atoms with van der Waals surface area (Å²) in [6.45, 7) is 0. The van der Waals surface area contributed by atoms with Crippen molar-refractivity contribution in [2.45, 2.75) is 4.90 Å². The third-order valence-electron chi connectivity index (χ3n) is 1.47. The van der Waals surface area contributed by atoms with Gasteiger partial charge in [-0.15, -0.1) is 11.8 Å². The molecule has 0 aromatic heterocycles. The lowest BCUT2D eigenvalue weighted by Gasteiger charge is -2.01. The minimum atomic E-state index is -1.47. The molecule has 0 aliphatic heterocycles. The highest BCUT2D eigenvalue weighted by Crippen LogP contribution is 2.22. The van der Waals surface area contributed by atoms with Gasteiger partial charge in [-0.05, 0) is 18.4 Å². The Hall–Kier alpha value is -1.10. The molecule has 2 nitrogen and oxygen atoms in total. The minimum Gasteiger partial charge on any atom is -0.478 e. The van der Waals surface area contributed by atoms with Gasteiger partial charge in [0.05, 0.1) is 5.56 Å². The molecular weight excluding hydrogens is 198 g/mol. The number of carboxylic acid groups (broad SMARTS) is 1. The fourth-order valence-electron chi connectivity index (χ4n) is 0.849. The molecule has 1 aromatic carbocycles. The summed E-state index contributed by atoms with van der Waals surface area (Å²) in [7, 11) is 0. The molecule has 0 aliphatic carbocycles. The van der Waals surface area contributed by atoms with E-state index in [0.717, 1.165) is 17.8 Å². The number of hydrogen-bond acceptors (Lipinski definition) is 2. The van der Waals surface area contributed by atoms with Crippen LogP contribution in [0.4, 0.5) is 8.78 Å². The van der Waals surface area contributed by atoms with Crippen molar-refractivity contribution in [2.24, 2.45) is 0 Å². The summed E-state index contributed by atoms with van der Waals surface area (Å²) < 4.78 is 25.8. The van der Waals surface area contributed by atoms with Gasteiger partial charge in [-0.3, -0.25) is 0 Å². The first-order chi connectivity index (χ1) is 6.06. The van der Waals surface area contributed by atoms with Crippen molar-refractivity contribution in [3.8, 4) is 0 Å². The lowest BCUT2D eigenvalue weighted by Crippen LogP contribution is -2.01. The molecule has 70 valence electrons. The van der Waals surface area contributed by atoms with E-state index in [9.17, 15) is 13.6 Å². The molecule has 1 rings (SSSR count). The lowest BCUT2D eigenvalue weighted by molar-refractivity contribution is 0.0691. The predicted molar refractivity (Wildman–Crippen MR) is 45.1 cm³/mol. The quantitative estimate of drug-likeness (QED) is 0.751. The summed E-state index contributed by atoms with van der Waals surface area (Å²) in [5.41, 5.74) is -0.643. The predicted octanol–water partition coefficient (Wildman–Crippen LogP) is 2.38. The van der Waals surface area contributed by atoms with Crippen molar-refractivity contribution in [3.05, 3.63) is 29.3 Å². The van der Waals surface area contributed by atoms with Gasteiger partial charge in [-0.25, -0.2) is 13.6 Å². The smallest absolute Gasteiger partial charge is 0.338 e. The maximum atomic E-state index is 12.9. The molecule has 5 heteroatoms. The molecule has 0 atom stereocenters. The first-order valence-electron chi connectivity index (χ1n) is 3.32. The van der Waals surface area contributed by atoms with Crippen molar-refractivity contribution in [3.63, 3.8) is 0 Å². The van der Waals surface area contributed by atoms with Gasteiger partial charge in [0.2, 0.25) is 0 Å². The largest absolute Gasteiger partial charge is 0.478 e. The first-order valence-corrected chi connectivity index (χ1v) is 4.55. The van der Waals surface area contributed by atoms with E-state index in [1.54, 1.807) is 6.26 Å². The third-order valence-corrected chi connectivity index (χ3v) is 2.22. The third kappa shape index (κ3) is 1.98. The molecule has 0 aliphatic rings. The van der Waals surface area contributed by atoms with Gasteiger partial charge >= 0.3 is 5.97 Å². The zero-order chi connectivity index (χ0) is 10.0. The second kappa shape index (κ2) is 3.74. The molecule has 0 amide bonds. The monoisotopic (exact) mass is 204 g/mol. The number of hydrogen-bond donors (Lipinski definition) is 1. The van der Waals surface area contributed by atoms with Crippen molar-refractivity contribution >= 4 is 17.7 Å². The number of carbonyl (C=O) groups is 1. The van der Waals surface area contributed by atoms with E-state index in [-0.39, 0.29) is 4.90 Å². The van der Waals surface area contributed by atoms with E-state index < -0.39 is 23.2 Å². The van der Waals surface area contributed by atoms with Crippen molar-refractivity contribution in [2.75, 3.05) is 6.26 Å². The second-order valence-electron chi connectivity index (χ2n) is 2.27. The molecule has 0 saturated heterocycles. The summed E-state index contributed by atoms with van der Waals surface area (Å²) in [5.74, 6) is -3.10. The number of thioether (sulfide) groups is 1. The van der Waals surface area contributed by atoms with Crippen molar-refractivity contribution < 1.29 is 18.7 Å². The Kier molecular flexibility index (Phi) is 2.87. The van der Waals surface area contributed by atoms with Gasteiger partial charge in [-0.2, -0.15) is 0 Å². The fraction of sp³-hybridized carbons (Fsp3) is 0.125. The van der Waals surface area contributed by atoms with Crippen LogP contribution in [0.15, 0.2) is 17.0 Å². The van der Waals surface area contributed by atoms with E-state index in [0.29, 0.717) is 6.07 Å². The van der Waals surface area contributed by atoms with E-state index in [4.69, 9.17) is 5.11 Å². The maximum Gasteiger partial charge on any atom is 0.338 e. The molecule has 1 N–H and O–H groups in total. The Morgan fingerprint density at radius 3 is 2.46 bits per heavy atom. The Morgan fingerprint density at radius 2 is 2.00 bits per heavy atom. The van der Waals surface area contributed by atoms with Gasteiger partial charge in [0.25, 0.3) is 0 Å². The van der Waals surface area contributed by atoms with Crippen LogP contribution < -0.4 is 0 Å². The molecular formula is C8H6F2O2S. The van der Waals surface area contributed by atoms with Crippen LogP contribution in [0.5, 0.6) is 0 Å². The number of rotatable bonds is 2. The first kappa shape index (κ1) is 9.98. The summed E-state index contributed by atoms with van der Waals surface area (Å²) in [4.78, 5) is 10.5. The Morgan fingerprint density at radius 1 is 1.38 bits per heavy atom. The van der Waals surface area contributed by atoms with Crippen LogP contribution in [0.2, 0.25) is 0 Å². The summed E-state index contributed by atoms with van der Waals surface area (Å²) in [5, 5.41) is 8.44. The Balaban J connectivity index is 3.28. The standard InChI is InChI=1S/C8H6F2O2S/c1-13-7-3-5(9)4(8(11)12)2-6(7)10/h2-3H,1H3,(H,11,12). The molecule has 0 saturated carbocycles. The number of halogens is 2. The van der Waals surface area contributed by atoms with Crippen LogP contribution in [0.1, 0.15) is 10.4 Å².